The average molecular weight is 318 g/mol. The molecule has 1 aromatic rings. The second kappa shape index (κ2) is 8.14. The molecule has 2 N–H and O–H groups in total. The lowest BCUT2D eigenvalue weighted by molar-refractivity contribution is 0.265. The van der Waals surface area contributed by atoms with Crippen molar-refractivity contribution < 1.29 is 5.11 Å². The van der Waals surface area contributed by atoms with Crippen LogP contribution in [0.3, 0.4) is 0 Å². The van der Waals surface area contributed by atoms with Crippen LogP contribution in [-0.4, -0.2) is 29.8 Å². The first-order valence-electron chi connectivity index (χ1n) is 5.79. The smallest absolute Gasteiger partial charge is 0.0446 e. The predicted molar refractivity (Wildman–Crippen MR) is 79.6 cm³/mol. The summed E-state index contributed by atoms with van der Waals surface area (Å²) in [5, 5.41) is 12.6. The quantitative estimate of drug-likeness (QED) is 0.810. The second-order valence-electron chi connectivity index (χ2n) is 4.07. The van der Waals surface area contributed by atoms with Gasteiger partial charge in [-0.05, 0) is 31.2 Å². The van der Waals surface area contributed by atoms with Gasteiger partial charge in [0.05, 0.1) is 0 Å². The van der Waals surface area contributed by atoms with Crippen molar-refractivity contribution >= 4 is 27.7 Å². The first-order chi connectivity index (χ1) is 8.19. The van der Waals surface area contributed by atoms with Crippen molar-refractivity contribution in [1.82, 2.24) is 5.32 Å². The zero-order valence-corrected chi connectivity index (χ0v) is 12.7. The van der Waals surface area contributed by atoms with E-state index in [1.165, 1.54) is 5.56 Å². The van der Waals surface area contributed by atoms with E-state index in [1.54, 1.807) is 11.8 Å². The van der Waals surface area contributed by atoms with Crippen LogP contribution in [0.25, 0.3) is 0 Å². The third kappa shape index (κ3) is 5.00. The molecule has 4 heteroatoms. The van der Waals surface area contributed by atoms with Crippen LogP contribution in [0.5, 0.6) is 0 Å². The van der Waals surface area contributed by atoms with Crippen LogP contribution in [0.15, 0.2) is 28.7 Å². The van der Waals surface area contributed by atoms with Crippen LogP contribution in [0.4, 0.5) is 0 Å². The van der Waals surface area contributed by atoms with E-state index < -0.39 is 0 Å². The molecule has 17 heavy (non-hydrogen) atoms. The molecule has 0 heterocycles. The van der Waals surface area contributed by atoms with Crippen molar-refractivity contribution in [3.8, 4) is 0 Å². The number of benzene rings is 1. The highest BCUT2D eigenvalue weighted by atomic mass is 79.9. The van der Waals surface area contributed by atoms with Gasteiger partial charge in [-0.25, -0.2) is 0 Å². The number of halogens is 1. The van der Waals surface area contributed by atoms with Crippen molar-refractivity contribution in [3.05, 3.63) is 34.3 Å². The Kier molecular flexibility index (Phi) is 7.19. The first kappa shape index (κ1) is 15.0. The molecular formula is C13H20BrNOS. The molecular weight excluding hydrogens is 298 g/mol. The Morgan fingerprint density at radius 2 is 2.12 bits per heavy atom. The van der Waals surface area contributed by atoms with Gasteiger partial charge in [0.25, 0.3) is 0 Å². The minimum absolute atomic E-state index is 0.237. The van der Waals surface area contributed by atoms with Gasteiger partial charge in [0.15, 0.2) is 0 Å². The van der Waals surface area contributed by atoms with Crippen molar-refractivity contribution in [2.75, 3.05) is 18.6 Å². The molecule has 2 atom stereocenters. The number of hydrogen-bond acceptors (Lipinski definition) is 3. The molecule has 0 saturated heterocycles. The zero-order valence-electron chi connectivity index (χ0n) is 10.3. The topological polar surface area (TPSA) is 32.3 Å². The Morgan fingerprint density at radius 3 is 2.71 bits per heavy atom. The average Bonchev–Trinajstić information content (AvgIpc) is 2.30. The van der Waals surface area contributed by atoms with Crippen LogP contribution in [0.1, 0.15) is 24.9 Å². The second-order valence-corrected chi connectivity index (χ2v) is 5.84. The fraction of sp³-hybridized carbons (Fsp3) is 0.538. The maximum absolute atomic E-state index is 9.04. The Bertz CT molecular complexity index is 329. The summed E-state index contributed by atoms with van der Waals surface area (Å²) >= 11 is 5.38. The van der Waals surface area contributed by atoms with E-state index in [2.05, 4.69) is 46.6 Å². The molecule has 0 aliphatic heterocycles. The van der Waals surface area contributed by atoms with Gasteiger partial charge in [-0.1, -0.05) is 34.1 Å². The number of thioether (sulfide) groups is 1. The van der Waals surface area contributed by atoms with E-state index in [1.807, 2.05) is 12.1 Å². The summed E-state index contributed by atoms with van der Waals surface area (Å²) in [5.74, 6) is 1.02. The van der Waals surface area contributed by atoms with Gasteiger partial charge in [0.2, 0.25) is 0 Å². The molecule has 0 aliphatic rings. The van der Waals surface area contributed by atoms with E-state index >= 15 is 0 Å². The first-order valence-corrected chi connectivity index (χ1v) is 7.98. The van der Waals surface area contributed by atoms with E-state index in [0.29, 0.717) is 6.04 Å². The maximum Gasteiger partial charge on any atom is 0.0446 e. The van der Waals surface area contributed by atoms with E-state index in [9.17, 15) is 0 Å². The van der Waals surface area contributed by atoms with Gasteiger partial charge < -0.3 is 10.4 Å². The van der Waals surface area contributed by atoms with Gasteiger partial charge in [0, 0.05) is 28.9 Å². The molecule has 0 radical (unpaired) electrons. The lowest BCUT2D eigenvalue weighted by Crippen LogP contribution is -2.34. The molecule has 0 aliphatic carbocycles. The van der Waals surface area contributed by atoms with Crippen molar-refractivity contribution in [2.45, 2.75) is 25.4 Å². The largest absolute Gasteiger partial charge is 0.396 e. The fourth-order valence-electron chi connectivity index (χ4n) is 1.84. The summed E-state index contributed by atoms with van der Waals surface area (Å²) in [6.07, 6.45) is 2.89. The van der Waals surface area contributed by atoms with Gasteiger partial charge in [-0.2, -0.15) is 11.8 Å². The summed E-state index contributed by atoms with van der Waals surface area (Å²) in [6, 6.07) is 8.90. The van der Waals surface area contributed by atoms with Gasteiger partial charge >= 0.3 is 0 Å². The lowest BCUT2D eigenvalue weighted by Gasteiger charge is -2.23. The van der Waals surface area contributed by atoms with Crippen LogP contribution >= 0.6 is 27.7 Å². The molecule has 1 aromatic carbocycles. The highest BCUT2D eigenvalue weighted by Gasteiger charge is 2.14. The predicted octanol–water partition coefficient (Wildman–Crippen LogP) is 3.21. The van der Waals surface area contributed by atoms with Crippen molar-refractivity contribution in [1.29, 1.82) is 0 Å². The molecule has 96 valence electrons. The highest BCUT2D eigenvalue weighted by Crippen LogP contribution is 2.23. The van der Waals surface area contributed by atoms with Gasteiger partial charge in [-0.15, -0.1) is 0 Å². The van der Waals surface area contributed by atoms with Gasteiger partial charge in [-0.3, -0.25) is 0 Å². The van der Waals surface area contributed by atoms with E-state index in [-0.39, 0.29) is 12.6 Å². The zero-order chi connectivity index (χ0) is 12.7. The van der Waals surface area contributed by atoms with Crippen molar-refractivity contribution in [2.24, 2.45) is 0 Å². The molecule has 1 rings (SSSR count). The molecule has 0 fully saturated rings. The summed E-state index contributed by atoms with van der Waals surface area (Å²) in [6.45, 7) is 2.39. The summed E-state index contributed by atoms with van der Waals surface area (Å²) in [5.41, 5.74) is 1.26. The Morgan fingerprint density at radius 1 is 1.41 bits per heavy atom. The summed E-state index contributed by atoms with van der Waals surface area (Å²) in [7, 11) is 0. The Hall–Kier alpha value is -0.0300. The summed E-state index contributed by atoms with van der Waals surface area (Å²) in [4.78, 5) is 0. The number of hydrogen-bond donors (Lipinski definition) is 2. The van der Waals surface area contributed by atoms with E-state index in [4.69, 9.17) is 5.11 Å². The molecule has 0 spiro atoms. The SMILES string of the molecule is CSCC(CCO)NC(C)c1ccccc1Br. The lowest BCUT2D eigenvalue weighted by atomic mass is 10.1. The molecule has 0 bridgehead atoms. The Balaban J connectivity index is 2.63. The molecule has 0 saturated carbocycles. The molecule has 2 unspecified atom stereocenters. The minimum atomic E-state index is 0.237. The Labute approximate surface area is 116 Å². The van der Waals surface area contributed by atoms with E-state index in [0.717, 1.165) is 16.6 Å². The van der Waals surface area contributed by atoms with Crippen molar-refractivity contribution in [3.63, 3.8) is 0 Å². The van der Waals surface area contributed by atoms with Crippen LogP contribution < -0.4 is 5.32 Å². The standard InChI is InChI=1S/C13H20BrNOS/c1-10(12-5-3-4-6-13(12)14)15-11(7-8-16)9-17-2/h3-6,10-11,15-16H,7-9H2,1-2H3. The van der Waals surface area contributed by atoms with Gasteiger partial charge in [0.1, 0.15) is 0 Å². The number of nitrogens with one attached hydrogen (secondary N) is 1. The maximum atomic E-state index is 9.04. The highest BCUT2D eigenvalue weighted by molar-refractivity contribution is 9.10. The van der Waals surface area contributed by atoms with Crippen LogP contribution in [-0.2, 0) is 0 Å². The molecule has 0 amide bonds. The summed E-state index contributed by atoms with van der Waals surface area (Å²) < 4.78 is 1.13. The molecule has 0 aromatic heterocycles. The number of aliphatic hydroxyl groups is 1. The number of aliphatic hydroxyl groups excluding tert-OH is 1. The molecule has 2 nitrogen and oxygen atoms in total. The van der Waals surface area contributed by atoms with Crippen LogP contribution in [0, 0.1) is 0 Å². The fourth-order valence-corrected chi connectivity index (χ4v) is 3.13. The normalized spacial score (nSPS) is 14.6. The third-order valence-electron chi connectivity index (χ3n) is 2.70. The monoisotopic (exact) mass is 317 g/mol. The number of rotatable bonds is 7. The minimum Gasteiger partial charge on any atom is -0.396 e. The van der Waals surface area contributed by atoms with Crippen LogP contribution in [0.2, 0.25) is 0 Å². The third-order valence-corrected chi connectivity index (χ3v) is 4.16.